The summed E-state index contributed by atoms with van der Waals surface area (Å²) in [5, 5.41) is 4.12. The van der Waals surface area contributed by atoms with Gasteiger partial charge < -0.3 is 9.57 Å². The second-order valence-corrected chi connectivity index (χ2v) is 7.85. The summed E-state index contributed by atoms with van der Waals surface area (Å²) in [6.45, 7) is 6.68. The van der Waals surface area contributed by atoms with Crippen molar-refractivity contribution in [2.24, 2.45) is 5.16 Å². The van der Waals surface area contributed by atoms with Crippen LogP contribution in [-0.2, 0) is 21.5 Å². The third-order valence-corrected chi connectivity index (χ3v) is 6.25. The van der Waals surface area contributed by atoms with Crippen molar-refractivity contribution < 1.29 is 18.0 Å². The van der Waals surface area contributed by atoms with Gasteiger partial charge in [0.2, 0.25) is 10.0 Å². The first kappa shape index (κ1) is 20.9. The van der Waals surface area contributed by atoms with E-state index in [1.807, 2.05) is 45.0 Å². The minimum Gasteiger partial charge on any atom is -0.497 e. The maximum Gasteiger partial charge on any atom is 0.243 e. The Labute approximate surface area is 161 Å². The molecule has 0 saturated heterocycles. The lowest BCUT2D eigenvalue weighted by atomic mass is 10.1. The molecule has 27 heavy (non-hydrogen) atoms. The van der Waals surface area contributed by atoms with E-state index in [9.17, 15) is 8.42 Å². The van der Waals surface area contributed by atoms with Crippen molar-refractivity contribution in [1.29, 1.82) is 0 Å². The zero-order valence-electron chi connectivity index (χ0n) is 16.2. The molecule has 0 bridgehead atoms. The number of nitrogens with zero attached hydrogens (tertiary/aromatic N) is 2. The smallest absolute Gasteiger partial charge is 0.243 e. The predicted molar refractivity (Wildman–Crippen MR) is 107 cm³/mol. The molecule has 0 saturated carbocycles. The first-order chi connectivity index (χ1) is 12.9. The molecular weight excluding hydrogens is 364 g/mol. The van der Waals surface area contributed by atoms with Crippen LogP contribution in [0.25, 0.3) is 0 Å². The monoisotopic (exact) mass is 390 g/mol. The molecule has 6 nitrogen and oxygen atoms in total. The molecule has 0 aliphatic heterocycles. The highest BCUT2D eigenvalue weighted by Crippen LogP contribution is 2.17. The number of benzene rings is 2. The molecule has 2 aromatic carbocycles. The van der Waals surface area contributed by atoms with Gasteiger partial charge in [-0.1, -0.05) is 43.3 Å². The van der Waals surface area contributed by atoms with Gasteiger partial charge in [-0.25, -0.2) is 8.42 Å². The second kappa shape index (κ2) is 9.53. The van der Waals surface area contributed by atoms with Crippen LogP contribution in [0.5, 0.6) is 5.75 Å². The molecule has 146 valence electrons. The second-order valence-electron chi connectivity index (χ2n) is 5.92. The van der Waals surface area contributed by atoms with Crippen LogP contribution >= 0.6 is 0 Å². The Balaban J connectivity index is 2.06. The molecule has 0 radical (unpaired) electrons. The SMILES string of the molecule is CCN(CC)S(=O)(=O)c1ccc(/C(C)=N/OCc2cccc(OC)c2)cc1. The Kier molecular flexibility index (Phi) is 7.38. The number of sulfonamides is 1. The largest absolute Gasteiger partial charge is 0.497 e. The van der Waals surface area contributed by atoms with Crippen molar-refractivity contribution >= 4 is 15.7 Å². The molecule has 2 rings (SSSR count). The van der Waals surface area contributed by atoms with E-state index in [1.54, 1.807) is 31.4 Å². The molecule has 0 spiro atoms. The molecule has 0 atom stereocenters. The van der Waals surface area contributed by atoms with E-state index >= 15 is 0 Å². The number of methoxy groups -OCH3 is 1. The van der Waals surface area contributed by atoms with Gasteiger partial charge in [0.15, 0.2) is 0 Å². The minimum atomic E-state index is -3.45. The molecule has 0 unspecified atom stereocenters. The Morgan fingerprint density at radius 2 is 1.74 bits per heavy atom. The van der Waals surface area contributed by atoms with Crippen molar-refractivity contribution in [3.8, 4) is 5.75 Å². The highest BCUT2D eigenvalue weighted by atomic mass is 32.2. The Hall–Kier alpha value is -2.38. The molecule has 2 aromatic rings. The maximum atomic E-state index is 12.5. The minimum absolute atomic E-state index is 0.278. The highest BCUT2D eigenvalue weighted by molar-refractivity contribution is 7.89. The Bertz CT molecular complexity index is 873. The maximum absolute atomic E-state index is 12.5. The van der Waals surface area contributed by atoms with Crippen molar-refractivity contribution in [1.82, 2.24) is 4.31 Å². The summed E-state index contributed by atoms with van der Waals surface area (Å²) in [6, 6.07) is 14.3. The molecule has 0 fully saturated rings. The molecule has 0 aromatic heterocycles. The number of hydrogen-bond acceptors (Lipinski definition) is 5. The van der Waals surface area contributed by atoms with Gasteiger partial charge in [0, 0.05) is 13.1 Å². The van der Waals surface area contributed by atoms with Gasteiger partial charge in [0.1, 0.15) is 12.4 Å². The van der Waals surface area contributed by atoms with Crippen LogP contribution < -0.4 is 4.74 Å². The predicted octanol–water partition coefficient (Wildman–Crippen LogP) is 3.67. The number of rotatable bonds is 9. The van der Waals surface area contributed by atoms with E-state index in [1.165, 1.54) is 4.31 Å². The lowest BCUT2D eigenvalue weighted by Crippen LogP contribution is -2.30. The standard InChI is InChI=1S/C20H26N2O4S/c1-5-22(6-2)27(23,24)20-12-10-18(11-13-20)16(3)21-26-15-17-8-7-9-19(14-17)25-4/h7-14H,5-6,15H2,1-4H3/b21-16+. The normalized spacial score (nSPS) is 12.3. The first-order valence-electron chi connectivity index (χ1n) is 8.82. The average Bonchev–Trinajstić information content (AvgIpc) is 2.69. The van der Waals surface area contributed by atoms with Crippen molar-refractivity contribution in [2.45, 2.75) is 32.3 Å². The third-order valence-electron chi connectivity index (χ3n) is 4.18. The first-order valence-corrected chi connectivity index (χ1v) is 10.3. The average molecular weight is 391 g/mol. The van der Waals surface area contributed by atoms with Gasteiger partial charge in [-0.2, -0.15) is 4.31 Å². The summed E-state index contributed by atoms with van der Waals surface area (Å²) in [7, 11) is -1.84. The topological polar surface area (TPSA) is 68.2 Å². The summed E-state index contributed by atoms with van der Waals surface area (Å²) in [6.07, 6.45) is 0. The van der Waals surface area contributed by atoms with E-state index in [-0.39, 0.29) is 4.90 Å². The van der Waals surface area contributed by atoms with Crippen molar-refractivity contribution in [2.75, 3.05) is 20.2 Å². The molecule has 0 aliphatic carbocycles. The van der Waals surface area contributed by atoms with Crippen LogP contribution in [0, 0.1) is 0 Å². The summed E-state index contributed by atoms with van der Waals surface area (Å²) in [5.74, 6) is 0.766. The number of hydrogen-bond donors (Lipinski definition) is 0. The molecular formula is C20H26N2O4S. The fourth-order valence-corrected chi connectivity index (χ4v) is 4.06. The van der Waals surface area contributed by atoms with Gasteiger partial charge in [0.25, 0.3) is 0 Å². The number of oxime groups is 1. The summed E-state index contributed by atoms with van der Waals surface area (Å²) >= 11 is 0. The van der Waals surface area contributed by atoms with Crippen molar-refractivity contribution in [3.63, 3.8) is 0 Å². The molecule has 0 amide bonds. The lowest BCUT2D eigenvalue weighted by molar-refractivity contribution is 0.130. The summed E-state index contributed by atoms with van der Waals surface area (Å²) in [4.78, 5) is 5.69. The van der Waals surface area contributed by atoms with Crippen LogP contribution in [0.3, 0.4) is 0 Å². The van der Waals surface area contributed by atoms with Gasteiger partial charge in [-0.3, -0.25) is 0 Å². The van der Waals surface area contributed by atoms with Crippen LogP contribution in [0.2, 0.25) is 0 Å². The van der Waals surface area contributed by atoms with E-state index in [0.29, 0.717) is 25.4 Å². The Morgan fingerprint density at radius 3 is 2.33 bits per heavy atom. The van der Waals surface area contributed by atoms with Crippen LogP contribution in [0.15, 0.2) is 58.6 Å². The van der Waals surface area contributed by atoms with Crippen LogP contribution in [0.4, 0.5) is 0 Å². The van der Waals surface area contributed by atoms with Crippen molar-refractivity contribution in [3.05, 3.63) is 59.7 Å². The van der Waals surface area contributed by atoms with Gasteiger partial charge >= 0.3 is 0 Å². The highest BCUT2D eigenvalue weighted by Gasteiger charge is 2.21. The molecule has 0 heterocycles. The van der Waals surface area contributed by atoms with Crippen LogP contribution in [0.1, 0.15) is 31.9 Å². The lowest BCUT2D eigenvalue weighted by Gasteiger charge is -2.18. The zero-order valence-corrected chi connectivity index (χ0v) is 17.0. The van der Waals surface area contributed by atoms with E-state index in [2.05, 4.69) is 5.16 Å². The summed E-state index contributed by atoms with van der Waals surface area (Å²) in [5.41, 5.74) is 2.43. The van der Waals surface area contributed by atoms with Gasteiger partial charge in [-0.15, -0.1) is 0 Å². The summed E-state index contributed by atoms with van der Waals surface area (Å²) < 4.78 is 31.6. The quantitative estimate of drug-likeness (QED) is 0.484. The van der Waals surface area contributed by atoms with Gasteiger partial charge in [0.05, 0.1) is 17.7 Å². The van der Waals surface area contributed by atoms with E-state index in [0.717, 1.165) is 16.9 Å². The zero-order chi connectivity index (χ0) is 19.9. The molecule has 0 aliphatic rings. The fourth-order valence-electron chi connectivity index (χ4n) is 2.60. The molecule has 0 N–H and O–H groups in total. The third kappa shape index (κ3) is 5.30. The van der Waals surface area contributed by atoms with Gasteiger partial charge in [-0.05, 0) is 42.3 Å². The van der Waals surface area contributed by atoms with E-state index in [4.69, 9.17) is 9.57 Å². The molecule has 7 heteroatoms. The van der Waals surface area contributed by atoms with Crippen LogP contribution in [-0.4, -0.2) is 38.6 Å². The fraction of sp³-hybridized carbons (Fsp3) is 0.350. The Morgan fingerprint density at radius 1 is 1.07 bits per heavy atom. The van der Waals surface area contributed by atoms with E-state index < -0.39 is 10.0 Å². The number of ether oxygens (including phenoxy) is 1.